The number of carbonyl (C=O) groups is 1. The van der Waals surface area contributed by atoms with Crippen LogP contribution in [0.1, 0.15) is 75.6 Å². The van der Waals surface area contributed by atoms with Crippen molar-refractivity contribution in [2.24, 2.45) is 0 Å². The average molecular weight is 362 g/mol. The van der Waals surface area contributed by atoms with E-state index in [0.717, 1.165) is 25.7 Å². The Morgan fingerprint density at radius 2 is 1.58 bits per heavy atom. The van der Waals surface area contributed by atoms with E-state index >= 15 is 0 Å². The summed E-state index contributed by atoms with van der Waals surface area (Å²) in [5, 5.41) is 15.5. The first kappa shape index (κ1) is 18.9. The minimum Gasteiger partial charge on any atom is -0.335 e. The van der Waals surface area contributed by atoms with Crippen molar-refractivity contribution >= 4 is 11.6 Å². The number of carbonyl (C=O) groups excluding carboxylic acids is 1. The second-order valence-corrected chi connectivity index (χ2v) is 7.82. The Hall–Kier alpha value is -1.92. The minimum absolute atomic E-state index is 0.0275. The number of aryl methyl sites for hydroxylation is 1. The number of rotatable bonds is 5. The van der Waals surface area contributed by atoms with Crippen LogP contribution in [0.25, 0.3) is 0 Å². The van der Waals surface area contributed by atoms with Gasteiger partial charge in [-0.25, -0.2) is 0 Å². The molecule has 1 aromatic heterocycles. The van der Waals surface area contributed by atoms with Gasteiger partial charge in [-0.1, -0.05) is 38.5 Å². The van der Waals surface area contributed by atoms with E-state index in [1.54, 1.807) is 13.8 Å². The summed E-state index contributed by atoms with van der Waals surface area (Å²) >= 11 is 0. The molecule has 26 heavy (non-hydrogen) atoms. The van der Waals surface area contributed by atoms with Gasteiger partial charge in [0.25, 0.3) is 0 Å². The van der Waals surface area contributed by atoms with Crippen LogP contribution in [0.2, 0.25) is 0 Å². The SMILES string of the molecule is Cc1nn(CC(=O)N(C2CCCCC2)C2CCCCC2)c(C)c1[N+](=O)[O-]. The summed E-state index contributed by atoms with van der Waals surface area (Å²) in [5.41, 5.74) is 0.870. The molecule has 2 aliphatic rings. The van der Waals surface area contributed by atoms with Crippen LogP contribution in [0, 0.1) is 24.0 Å². The Morgan fingerprint density at radius 3 is 2.00 bits per heavy atom. The topological polar surface area (TPSA) is 81.3 Å². The predicted octanol–water partition coefficient (Wildman–Crippen LogP) is 3.90. The standard InChI is InChI=1S/C19H30N4O3/c1-14-19(23(25)26)15(2)21(20-14)13-18(24)22(16-9-5-3-6-10-16)17-11-7-4-8-12-17/h16-17H,3-13H2,1-2H3. The summed E-state index contributed by atoms with van der Waals surface area (Å²) in [6.45, 7) is 3.41. The highest BCUT2D eigenvalue weighted by Gasteiger charge is 2.33. The molecule has 0 spiro atoms. The first-order valence-electron chi connectivity index (χ1n) is 9.98. The lowest BCUT2D eigenvalue weighted by molar-refractivity contribution is -0.386. The summed E-state index contributed by atoms with van der Waals surface area (Å²) in [6, 6.07) is 0.651. The lowest BCUT2D eigenvalue weighted by Crippen LogP contribution is -2.50. The summed E-state index contributed by atoms with van der Waals surface area (Å²) in [6.07, 6.45) is 11.6. The van der Waals surface area contributed by atoms with Crippen molar-refractivity contribution in [1.82, 2.24) is 14.7 Å². The van der Waals surface area contributed by atoms with Crippen LogP contribution in [0.5, 0.6) is 0 Å². The number of aromatic nitrogens is 2. The highest BCUT2D eigenvalue weighted by atomic mass is 16.6. The van der Waals surface area contributed by atoms with Crippen LogP contribution < -0.4 is 0 Å². The van der Waals surface area contributed by atoms with Gasteiger partial charge < -0.3 is 4.90 Å². The molecule has 3 rings (SSSR count). The fourth-order valence-corrected chi connectivity index (χ4v) is 4.74. The molecule has 0 unspecified atom stereocenters. The summed E-state index contributed by atoms with van der Waals surface area (Å²) in [7, 11) is 0. The zero-order valence-corrected chi connectivity index (χ0v) is 15.9. The van der Waals surface area contributed by atoms with E-state index in [1.807, 2.05) is 0 Å². The van der Waals surface area contributed by atoms with Crippen molar-refractivity contribution in [1.29, 1.82) is 0 Å². The molecule has 0 bridgehead atoms. The molecule has 0 atom stereocenters. The molecule has 1 heterocycles. The predicted molar refractivity (Wildman–Crippen MR) is 98.9 cm³/mol. The molecular weight excluding hydrogens is 332 g/mol. The van der Waals surface area contributed by atoms with Crippen molar-refractivity contribution < 1.29 is 9.72 Å². The van der Waals surface area contributed by atoms with Gasteiger partial charge in [0.2, 0.25) is 5.91 Å². The van der Waals surface area contributed by atoms with E-state index in [4.69, 9.17) is 0 Å². The Morgan fingerprint density at radius 1 is 1.08 bits per heavy atom. The second-order valence-electron chi connectivity index (χ2n) is 7.82. The van der Waals surface area contributed by atoms with Crippen LogP contribution in [0.3, 0.4) is 0 Å². The number of nitro groups is 1. The highest BCUT2D eigenvalue weighted by molar-refractivity contribution is 5.77. The van der Waals surface area contributed by atoms with Gasteiger partial charge in [-0.2, -0.15) is 5.10 Å². The lowest BCUT2D eigenvalue weighted by Gasteiger charge is -2.41. The largest absolute Gasteiger partial charge is 0.335 e. The Balaban J connectivity index is 1.81. The first-order valence-corrected chi connectivity index (χ1v) is 9.98. The molecule has 1 amide bonds. The summed E-state index contributed by atoms with van der Waals surface area (Å²) in [4.78, 5) is 26.2. The average Bonchev–Trinajstić information content (AvgIpc) is 2.90. The van der Waals surface area contributed by atoms with Crippen molar-refractivity contribution in [3.05, 3.63) is 21.5 Å². The van der Waals surface area contributed by atoms with Crippen LogP contribution in [0.15, 0.2) is 0 Å². The third kappa shape index (κ3) is 3.91. The number of nitrogens with zero attached hydrogens (tertiary/aromatic N) is 4. The molecule has 7 nitrogen and oxygen atoms in total. The van der Waals surface area contributed by atoms with Gasteiger partial charge in [0, 0.05) is 12.1 Å². The maximum Gasteiger partial charge on any atom is 0.312 e. The quantitative estimate of drug-likeness (QED) is 0.587. The number of hydrogen-bond donors (Lipinski definition) is 0. The molecule has 2 saturated carbocycles. The van der Waals surface area contributed by atoms with Crippen LogP contribution in [-0.2, 0) is 11.3 Å². The smallest absolute Gasteiger partial charge is 0.312 e. The molecule has 0 saturated heterocycles. The van der Waals surface area contributed by atoms with E-state index < -0.39 is 4.92 Å². The first-order chi connectivity index (χ1) is 12.5. The molecule has 144 valence electrons. The maximum absolute atomic E-state index is 13.2. The normalized spacial score (nSPS) is 19.5. The number of amides is 1. The monoisotopic (exact) mass is 362 g/mol. The molecule has 7 heteroatoms. The van der Waals surface area contributed by atoms with Crippen molar-refractivity contribution in [3.63, 3.8) is 0 Å². The van der Waals surface area contributed by atoms with Crippen LogP contribution in [0.4, 0.5) is 5.69 Å². The molecule has 1 aromatic rings. The van der Waals surface area contributed by atoms with Gasteiger partial charge in [-0.05, 0) is 39.5 Å². The molecule has 0 aromatic carbocycles. The zero-order valence-electron chi connectivity index (χ0n) is 15.9. The Bertz CT molecular complexity index is 640. The fourth-order valence-electron chi connectivity index (χ4n) is 4.74. The van der Waals surface area contributed by atoms with Crippen molar-refractivity contribution in [2.45, 2.75) is 96.7 Å². The van der Waals surface area contributed by atoms with Gasteiger partial charge in [0.1, 0.15) is 17.9 Å². The molecule has 0 radical (unpaired) electrons. The van der Waals surface area contributed by atoms with E-state index in [2.05, 4.69) is 10.00 Å². The van der Waals surface area contributed by atoms with E-state index in [-0.39, 0.29) is 18.1 Å². The zero-order chi connectivity index (χ0) is 18.7. The van der Waals surface area contributed by atoms with Gasteiger partial charge in [-0.3, -0.25) is 19.6 Å². The van der Waals surface area contributed by atoms with E-state index in [9.17, 15) is 14.9 Å². The highest BCUT2D eigenvalue weighted by Crippen LogP contribution is 2.31. The van der Waals surface area contributed by atoms with Gasteiger partial charge in [0.05, 0.1) is 4.92 Å². The molecule has 2 aliphatic carbocycles. The summed E-state index contributed by atoms with van der Waals surface area (Å²) in [5.74, 6) is 0.0734. The molecular formula is C19H30N4O3. The molecule has 2 fully saturated rings. The van der Waals surface area contributed by atoms with Crippen LogP contribution >= 0.6 is 0 Å². The molecule has 0 N–H and O–H groups in total. The molecule has 0 aliphatic heterocycles. The van der Waals surface area contributed by atoms with Gasteiger partial charge in [-0.15, -0.1) is 0 Å². The second kappa shape index (κ2) is 8.18. The fraction of sp³-hybridized carbons (Fsp3) is 0.789. The number of hydrogen-bond acceptors (Lipinski definition) is 4. The van der Waals surface area contributed by atoms with E-state index in [1.165, 1.54) is 43.2 Å². The van der Waals surface area contributed by atoms with Crippen molar-refractivity contribution in [3.8, 4) is 0 Å². The maximum atomic E-state index is 13.2. The van der Waals surface area contributed by atoms with Crippen molar-refractivity contribution in [2.75, 3.05) is 0 Å². The third-order valence-electron chi connectivity index (χ3n) is 6.04. The van der Waals surface area contributed by atoms with Gasteiger partial charge >= 0.3 is 5.69 Å². The summed E-state index contributed by atoms with van der Waals surface area (Å²) < 4.78 is 1.52. The van der Waals surface area contributed by atoms with Gasteiger partial charge in [0.15, 0.2) is 0 Å². The minimum atomic E-state index is -0.404. The third-order valence-corrected chi connectivity index (χ3v) is 6.04. The lowest BCUT2D eigenvalue weighted by atomic mass is 9.88. The van der Waals surface area contributed by atoms with E-state index in [0.29, 0.717) is 23.5 Å². The Labute approximate surface area is 154 Å². The van der Waals surface area contributed by atoms with Crippen LogP contribution in [-0.4, -0.2) is 37.6 Å². The Kier molecular flexibility index (Phi) is 5.94.